The number of hydrogen-bond donors (Lipinski definition) is 1. The van der Waals surface area contributed by atoms with Gasteiger partial charge < -0.3 is 15.0 Å². The van der Waals surface area contributed by atoms with E-state index in [-0.39, 0.29) is 24.4 Å². The molecule has 2 aromatic rings. The Morgan fingerprint density at radius 3 is 2.38 bits per heavy atom. The Hall–Kier alpha value is -2.12. The molecule has 0 unspecified atom stereocenters. The molecule has 8 heteroatoms. The van der Waals surface area contributed by atoms with E-state index >= 15 is 0 Å². The first kappa shape index (κ1) is 21.6. The molecule has 0 spiro atoms. The zero-order chi connectivity index (χ0) is 19.5. The molecule has 0 saturated carbocycles. The number of benzene rings is 1. The number of amides is 1. The van der Waals surface area contributed by atoms with Gasteiger partial charge in [-0.15, -0.1) is 17.5 Å². The van der Waals surface area contributed by atoms with Gasteiger partial charge in [0.15, 0.2) is 5.69 Å². The summed E-state index contributed by atoms with van der Waals surface area (Å²) < 4.78 is 8.02. The van der Waals surface area contributed by atoms with Crippen LogP contribution in [0.1, 0.15) is 53.5 Å². The molecule has 3 heterocycles. The fraction of sp³-hybridized carbons (Fsp3) is 0.571. The lowest BCUT2D eigenvalue weighted by Gasteiger charge is -2.32. The number of nitrogens with one attached hydrogen (secondary N) is 1. The van der Waals surface area contributed by atoms with Crippen molar-refractivity contribution in [1.29, 1.82) is 0 Å². The Morgan fingerprint density at radius 1 is 1.07 bits per heavy atom. The minimum Gasteiger partial charge on any atom is -0.490 e. The van der Waals surface area contributed by atoms with Crippen LogP contribution in [-0.2, 0) is 0 Å². The van der Waals surface area contributed by atoms with E-state index in [1.165, 1.54) is 5.56 Å². The topological polar surface area (TPSA) is 72.3 Å². The van der Waals surface area contributed by atoms with Crippen LogP contribution in [0.3, 0.4) is 0 Å². The van der Waals surface area contributed by atoms with Gasteiger partial charge in [0.1, 0.15) is 11.9 Å². The van der Waals surface area contributed by atoms with Crippen LogP contribution in [0.15, 0.2) is 24.3 Å². The number of halogens is 1. The maximum atomic E-state index is 13.0. The highest BCUT2D eigenvalue weighted by molar-refractivity contribution is 5.93. The largest absolute Gasteiger partial charge is 0.490 e. The zero-order valence-electron chi connectivity index (χ0n) is 17.1. The Kier molecular flexibility index (Phi) is 7.14. The lowest BCUT2D eigenvalue weighted by molar-refractivity contribution is 0.0589. The van der Waals surface area contributed by atoms with Gasteiger partial charge in [0, 0.05) is 25.9 Å². The van der Waals surface area contributed by atoms with E-state index < -0.39 is 0 Å². The standard InChI is InChI=1S/C21H29N5O2.ClH/c1-15-3-5-18(6-4-15)28-19-9-13-25(14-10-19)21(27)20-16(2)26(24-23-20)17-7-11-22-12-8-17;/h3-6,17,19,22H,7-14H2,1-2H3;1H. The monoisotopic (exact) mass is 419 g/mol. The predicted molar refractivity (Wildman–Crippen MR) is 114 cm³/mol. The summed E-state index contributed by atoms with van der Waals surface area (Å²) in [6.45, 7) is 7.38. The van der Waals surface area contributed by atoms with Crippen molar-refractivity contribution in [2.75, 3.05) is 26.2 Å². The molecule has 0 radical (unpaired) electrons. The third kappa shape index (κ3) is 4.90. The Morgan fingerprint density at radius 2 is 1.72 bits per heavy atom. The van der Waals surface area contributed by atoms with Crippen molar-refractivity contribution in [3.8, 4) is 5.75 Å². The zero-order valence-corrected chi connectivity index (χ0v) is 18.0. The van der Waals surface area contributed by atoms with Gasteiger partial charge in [0.05, 0.1) is 11.7 Å². The molecule has 1 amide bonds. The summed E-state index contributed by atoms with van der Waals surface area (Å²) >= 11 is 0. The molecular formula is C21H30ClN5O2. The highest BCUT2D eigenvalue weighted by Gasteiger charge is 2.29. The SMILES string of the molecule is Cc1ccc(OC2CCN(C(=O)c3nnn(C4CCNCC4)c3C)CC2)cc1.Cl. The van der Waals surface area contributed by atoms with Gasteiger partial charge in [-0.1, -0.05) is 22.9 Å². The normalized spacial score (nSPS) is 18.3. The number of ether oxygens (including phenoxy) is 1. The summed E-state index contributed by atoms with van der Waals surface area (Å²) in [5.41, 5.74) is 2.60. The van der Waals surface area contributed by atoms with E-state index in [4.69, 9.17) is 4.74 Å². The first-order valence-electron chi connectivity index (χ1n) is 10.3. The van der Waals surface area contributed by atoms with Crippen LogP contribution in [0, 0.1) is 13.8 Å². The van der Waals surface area contributed by atoms with Crippen molar-refractivity contribution in [3.63, 3.8) is 0 Å². The number of carbonyl (C=O) groups excluding carboxylic acids is 1. The number of carbonyl (C=O) groups is 1. The average molecular weight is 420 g/mol. The van der Waals surface area contributed by atoms with Crippen LogP contribution >= 0.6 is 12.4 Å². The van der Waals surface area contributed by atoms with E-state index in [1.807, 2.05) is 28.6 Å². The molecular weight excluding hydrogens is 390 g/mol. The Labute approximate surface area is 178 Å². The molecule has 2 aliphatic heterocycles. The van der Waals surface area contributed by atoms with Crippen LogP contribution in [0.2, 0.25) is 0 Å². The van der Waals surface area contributed by atoms with Gasteiger partial charge in [-0.3, -0.25) is 4.79 Å². The second kappa shape index (κ2) is 9.59. The van der Waals surface area contributed by atoms with Crippen molar-refractivity contribution in [2.24, 2.45) is 0 Å². The smallest absolute Gasteiger partial charge is 0.276 e. The average Bonchev–Trinajstić information content (AvgIpc) is 3.12. The second-order valence-corrected chi connectivity index (χ2v) is 7.87. The lowest BCUT2D eigenvalue weighted by atomic mass is 10.1. The van der Waals surface area contributed by atoms with Crippen LogP contribution in [0.25, 0.3) is 0 Å². The van der Waals surface area contributed by atoms with E-state index in [0.29, 0.717) is 24.8 Å². The molecule has 29 heavy (non-hydrogen) atoms. The molecule has 0 aliphatic carbocycles. The first-order valence-corrected chi connectivity index (χ1v) is 10.3. The molecule has 1 N–H and O–H groups in total. The summed E-state index contributed by atoms with van der Waals surface area (Å²) in [6.07, 6.45) is 3.87. The van der Waals surface area contributed by atoms with Gasteiger partial charge in [0.25, 0.3) is 5.91 Å². The molecule has 1 aromatic carbocycles. The van der Waals surface area contributed by atoms with Crippen molar-refractivity contribution >= 4 is 18.3 Å². The molecule has 2 fully saturated rings. The van der Waals surface area contributed by atoms with E-state index in [9.17, 15) is 4.79 Å². The molecule has 7 nitrogen and oxygen atoms in total. The number of likely N-dealkylation sites (tertiary alicyclic amines) is 1. The van der Waals surface area contributed by atoms with Gasteiger partial charge in [-0.05, 0) is 51.9 Å². The number of piperidine rings is 2. The maximum Gasteiger partial charge on any atom is 0.276 e. The molecule has 2 aliphatic rings. The number of hydrogen-bond acceptors (Lipinski definition) is 5. The van der Waals surface area contributed by atoms with E-state index in [2.05, 4.69) is 34.7 Å². The summed E-state index contributed by atoms with van der Waals surface area (Å²) in [4.78, 5) is 14.9. The van der Waals surface area contributed by atoms with Gasteiger partial charge in [-0.25, -0.2) is 4.68 Å². The summed E-state index contributed by atoms with van der Waals surface area (Å²) in [7, 11) is 0. The number of aromatic nitrogens is 3. The van der Waals surface area contributed by atoms with Crippen LogP contribution < -0.4 is 10.1 Å². The van der Waals surface area contributed by atoms with Crippen molar-refractivity contribution in [2.45, 2.75) is 51.7 Å². The quantitative estimate of drug-likeness (QED) is 0.824. The second-order valence-electron chi connectivity index (χ2n) is 7.87. The van der Waals surface area contributed by atoms with E-state index in [0.717, 1.165) is 50.2 Å². The van der Waals surface area contributed by atoms with Crippen LogP contribution in [0.4, 0.5) is 0 Å². The first-order chi connectivity index (χ1) is 13.6. The minimum absolute atomic E-state index is 0. The Bertz CT molecular complexity index is 809. The number of nitrogens with zero attached hydrogens (tertiary/aromatic N) is 4. The van der Waals surface area contributed by atoms with Gasteiger partial charge in [-0.2, -0.15) is 0 Å². The van der Waals surface area contributed by atoms with E-state index in [1.54, 1.807) is 0 Å². The highest BCUT2D eigenvalue weighted by Crippen LogP contribution is 2.23. The molecule has 0 atom stereocenters. The number of rotatable bonds is 4. The molecule has 1 aromatic heterocycles. The van der Waals surface area contributed by atoms with Crippen molar-refractivity contribution < 1.29 is 9.53 Å². The maximum absolute atomic E-state index is 13.0. The third-order valence-electron chi connectivity index (χ3n) is 5.84. The molecule has 2 saturated heterocycles. The third-order valence-corrected chi connectivity index (χ3v) is 5.84. The lowest BCUT2D eigenvalue weighted by Crippen LogP contribution is -2.42. The number of aryl methyl sites for hydroxylation is 1. The fourth-order valence-corrected chi connectivity index (χ4v) is 4.07. The van der Waals surface area contributed by atoms with Gasteiger partial charge in [0.2, 0.25) is 0 Å². The minimum atomic E-state index is -0.00790. The molecule has 0 bridgehead atoms. The summed E-state index contributed by atoms with van der Waals surface area (Å²) in [6, 6.07) is 8.47. The molecule has 4 rings (SSSR count). The summed E-state index contributed by atoms with van der Waals surface area (Å²) in [5, 5.41) is 11.9. The van der Waals surface area contributed by atoms with Crippen molar-refractivity contribution in [1.82, 2.24) is 25.2 Å². The van der Waals surface area contributed by atoms with Gasteiger partial charge >= 0.3 is 0 Å². The predicted octanol–water partition coefficient (Wildman–Crippen LogP) is 2.92. The Balaban J connectivity index is 0.00000240. The van der Waals surface area contributed by atoms with Crippen LogP contribution in [-0.4, -0.2) is 58.1 Å². The summed E-state index contributed by atoms with van der Waals surface area (Å²) in [5.74, 6) is 0.891. The molecule has 158 valence electrons. The fourth-order valence-electron chi connectivity index (χ4n) is 4.07. The highest BCUT2D eigenvalue weighted by atomic mass is 35.5. The van der Waals surface area contributed by atoms with Crippen molar-refractivity contribution in [3.05, 3.63) is 41.2 Å². The van der Waals surface area contributed by atoms with Crippen LogP contribution in [0.5, 0.6) is 5.75 Å².